The molecule has 2 aliphatic heterocycles. The van der Waals surface area contributed by atoms with E-state index in [4.69, 9.17) is 21.9 Å². The summed E-state index contributed by atoms with van der Waals surface area (Å²) in [5.41, 5.74) is 15.6. The van der Waals surface area contributed by atoms with Crippen LogP contribution in [0.1, 0.15) is 12.8 Å². The van der Waals surface area contributed by atoms with Crippen LogP contribution in [0, 0.1) is 5.92 Å². The van der Waals surface area contributed by atoms with Gasteiger partial charge in [0.15, 0.2) is 17.6 Å². The second-order valence-corrected chi connectivity index (χ2v) is 5.77. The minimum atomic E-state index is -1.99. The molecule has 2 heterocycles. The number of carbonyl (C=O) groups excluding carboxylic acids is 1. The second kappa shape index (κ2) is 6.19. The second-order valence-electron chi connectivity index (χ2n) is 5.77. The normalized spacial score (nSPS) is 36.2. The summed E-state index contributed by atoms with van der Waals surface area (Å²) >= 11 is 0. The van der Waals surface area contributed by atoms with Gasteiger partial charge in [-0.1, -0.05) is 0 Å². The SMILES string of the molecule is Cl.Cl.NC(=O)OCC1[NH+]=C(N)C2CCC(O)(O)[C@@]23NC(N)=[NH+][C@@H]13. The van der Waals surface area contributed by atoms with Crippen LogP contribution in [0.5, 0.6) is 0 Å². The smallest absolute Gasteiger partial charge is 0.404 e. The molecule has 0 bridgehead atoms. The van der Waals surface area contributed by atoms with Crippen LogP contribution in [0.3, 0.4) is 0 Å². The average molecular weight is 373 g/mol. The zero-order valence-corrected chi connectivity index (χ0v) is 13.7. The summed E-state index contributed by atoms with van der Waals surface area (Å²) in [6.07, 6.45) is -0.268. The number of amides is 1. The maximum atomic E-state index is 10.8. The molecular weight excluding hydrogens is 351 g/mol. The van der Waals surface area contributed by atoms with Gasteiger partial charge < -0.3 is 20.7 Å². The van der Waals surface area contributed by atoms with Crippen LogP contribution in [-0.2, 0) is 4.74 Å². The van der Waals surface area contributed by atoms with Gasteiger partial charge >= 0.3 is 12.1 Å². The number of aliphatic hydroxyl groups is 2. The van der Waals surface area contributed by atoms with Crippen LogP contribution < -0.4 is 32.5 Å². The minimum absolute atomic E-state index is 0. The number of ether oxygens (including phenoxy) is 1. The predicted molar refractivity (Wildman–Crippen MR) is 83.7 cm³/mol. The van der Waals surface area contributed by atoms with E-state index in [0.717, 1.165) is 0 Å². The maximum Gasteiger partial charge on any atom is 0.404 e. The van der Waals surface area contributed by atoms with E-state index in [1.165, 1.54) is 0 Å². The molecule has 1 saturated carbocycles. The zero-order valence-electron chi connectivity index (χ0n) is 12.1. The summed E-state index contributed by atoms with van der Waals surface area (Å²) in [6.45, 7) is -0.0762. The molecule has 1 spiro atoms. The Morgan fingerprint density at radius 1 is 1.35 bits per heavy atom. The van der Waals surface area contributed by atoms with Crippen LogP contribution in [0.2, 0.25) is 0 Å². The third-order valence-electron chi connectivity index (χ3n) is 4.67. The quantitative estimate of drug-likeness (QED) is 0.221. The van der Waals surface area contributed by atoms with Gasteiger partial charge in [0.1, 0.15) is 12.5 Å². The van der Waals surface area contributed by atoms with Gasteiger partial charge in [0, 0.05) is 6.42 Å². The van der Waals surface area contributed by atoms with E-state index < -0.39 is 29.5 Å². The number of nitrogens with two attached hydrogens (primary N) is 3. The van der Waals surface area contributed by atoms with Crippen molar-refractivity contribution in [2.45, 2.75) is 36.3 Å². The Balaban J connectivity index is 0.00000132. The first-order chi connectivity index (χ1) is 9.78. The summed E-state index contributed by atoms with van der Waals surface area (Å²) in [6, 6.07) is -1.02. The number of nitrogens with one attached hydrogen (secondary N) is 3. The fraction of sp³-hybridized carbons (Fsp3) is 0.727. The molecule has 0 saturated heterocycles. The van der Waals surface area contributed by atoms with Crippen molar-refractivity contribution in [1.82, 2.24) is 5.32 Å². The van der Waals surface area contributed by atoms with Crippen molar-refractivity contribution in [2.24, 2.45) is 23.1 Å². The molecule has 0 aromatic rings. The van der Waals surface area contributed by atoms with E-state index in [-0.39, 0.29) is 49.7 Å². The molecule has 0 aromatic carbocycles. The van der Waals surface area contributed by atoms with Crippen LogP contribution >= 0.6 is 24.8 Å². The molecule has 132 valence electrons. The fourth-order valence-corrected chi connectivity index (χ4v) is 3.86. The molecule has 3 aliphatic rings. The maximum absolute atomic E-state index is 10.8. The summed E-state index contributed by atoms with van der Waals surface area (Å²) in [7, 11) is 0. The van der Waals surface area contributed by atoms with Gasteiger partial charge in [-0.15, -0.1) is 24.8 Å². The highest BCUT2D eigenvalue weighted by molar-refractivity contribution is 5.86. The summed E-state index contributed by atoms with van der Waals surface area (Å²) < 4.78 is 4.81. The molecule has 23 heavy (non-hydrogen) atoms. The van der Waals surface area contributed by atoms with Crippen LogP contribution in [0.4, 0.5) is 4.79 Å². The van der Waals surface area contributed by atoms with Crippen LogP contribution in [-0.4, -0.2) is 58.1 Å². The van der Waals surface area contributed by atoms with Crippen molar-refractivity contribution in [3.63, 3.8) is 0 Å². The van der Waals surface area contributed by atoms with E-state index in [1.54, 1.807) is 0 Å². The number of carbonyl (C=O) groups is 1. The van der Waals surface area contributed by atoms with Gasteiger partial charge in [0.25, 0.3) is 0 Å². The van der Waals surface area contributed by atoms with E-state index in [0.29, 0.717) is 12.3 Å². The largest absolute Gasteiger partial charge is 0.445 e. The lowest BCUT2D eigenvalue weighted by molar-refractivity contribution is -0.622. The topological polar surface area (TPSA) is 185 Å². The summed E-state index contributed by atoms with van der Waals surface area (Å²) in [4.78, 5) is 16.8. The third-order valence-corrected chi connectivity index (χ3v) is 4.67. The molecule has 11 N–H and O–H groups in total. The Kier molecular flexibility index (Phi) is 5.26. The Morgan fingerprint density at radius 3 is 2.61 bits per heavy atom. The number of hydrogen-bond acceptors (Lipinski definition) is 7. The Labute approximate surface area is 144 Å². The zero-order chi connectivity index (χ0) is 15.4. The van der Waals surface area contributed by atoms with Crippen molar-refractivity contribution in [3.8, 4) is 0 Å². The summed E-state index contributed by atoms with van der Waals surface area (Å²) in [5, 5.41) is 23.8. The van der Waals surface area contributed by atoms with E-state index in [2.05, 4.69) is 15.3 Å². The van der Waals surface area contributed by atoms with E-state index in [9.17, 15) is 15.0 Å². The standard InChI is InChI=1S/C11H18N6O4.2ClH/c12-7-4-1-2-10(19,20)11(4)6(16-8(13)17-11)5(15-7)3-21-9(14)18;;/h4-6,19-20H,1-3H2,(H2,12,15)(H2,14,18)(H3,13,16,17);2*1H/p+2/t4?,5?,6-,11+;;/m0../s1. The van der Waals surface area contributed by atoms with Crippen molar-refractivity contribution in [3.05, 3.63) is 0 Å². The molecule has 1 amide bonds. The monoisotopic (exact) mass is 372 g/mol. The van der Waals surface area contributed by atoms with Gasteiger partial charge in [0.2, 0.25) is 11.6 Å². The lowest BCUT2D eigenvalue weighted by Crippen LogP contribution is -3.02. The molecular formula is C11H22Cl2N6O4+2. The first kappa shape index (κ1) is 19.6. The van der Waals surface area contributed by atoms with Gasteiger partial charge in [0.05, 0.1) is 0 Å². The van der Waals surface area contributed by atoms with Crippen molar-refractivity contribution < 1.29 is 29.7 Å². The van der Waals surface area contributed by atoms with Gasteiger partial charge in [-0.2, -0.15) is 0 Å². The first-order valence-electron chi connectivity index (χ1n) is 6.71. The number of hydrogen-bond donors (Lipinski definition) is 8. The van der Waals surface area contributed by atoms with Crippen molar-refractivity contribution in [1.29, 1.82) is 0 Å². The number of primary amides is 1. The highest BCUT2D eigenvalue weighted by Gasteiger charge is 2.74. The van der Waals surface area contributed by atoms with E-state index >= 15 is 0 Å². The lowest BCUT2D eigenvalue weighted by Gasteiger charge is -2.42. The molecule has 0 radical (unpaired) electrons. The van der Waals surface area contributed by atoms with Gasteiger partial charge in [-0.25, -0.2) is 4.79 Å². The number of rotatable bonds is 2. The minimum Gasteiger partial charge on any atom is -0.445 e. The van der Waals surface area contributed by atoms with Gasteiger partial charge in [-0.3, -0.25) is 26.8 Å². The molecule has 3 rings (SSSR count). The Hall–Kier alpha value is -1.49. The molecule has 12 heteroatoms. The number of amidine groups is 1. The molecule has 0 aromatic heterocycles. The van der Waals surface area contributed by atoms with Crippen molar-refractivity contribution in [2.75, 3.05) is 6.61 Å². The Morgan fingerprint density at radius 2 is 2.00 bits per heavy atom. The third kappa shape index (κ3) is 2.65. The van der Waals surface area contributed by atoms with E-state index in [1.807, 2.05) is 0 Å². The highest BCUT2D eigenvalue weighted by atomic mass is 35.5. The first-order valence-corrected chi connectivity index (χ1v) is 6.71. The predicted octanol–water partition coefficient (Wildman–Crippen LogP) is -6.06. The highest BCUT2D eigenvalue weighted by Crippen LogP contribution is 2.45. The fourth-order valence-electron chi connectivity index (χ4n) is 3.86. The summed E-state index contributed by atoms with van der Waals surface area (Å²) in [5.74, 6) is -1.69. The molecule has 2 unspecified atom stereocenters. The van der Waals surface area contributed by atoms with Crippen molar-refractivity contribution >= 4 is 42.7 Å². The van der Waals surface area contributed by atoms with Gasteiger partial charge in [-0.05, 0) is 6.42 Å². The van der Waals surface area contributed by atoms with Crippen LogP contribution in [0.15, 0.2) is 0 Å². The number of halogens is 2. The molecule has 1 fully saturated rings. The lowest BCUT2D eigenvalue weighted by atomic mass is 9.72. The average Bonchev–Trinajstić information content (AvgIpc) is 2.85. The number of guanidine groups is 1. The molecule has 10 nitrogen and oxygen atoms in total. The molecule has 1 aliphatic carbocycles. The Bertz CT molecular complexity index is 557. The van der Waals surface area contributed by atoms with Crippen LogP contribution in [0.25, 0.3) is 0 Å². The molecule has 4 atom stereocenters.